The van der Waals surface area contributed by atoms with Crippen molar-refractivity contribution in [2.45, 2.75) is 0 Å². The molecule has 0 fully saturated rings. The molecule has 5 aromatic carbocycles. The van der Waals surface area contributed by atoms with E-state index in [1.165, 1.54) is 100 Å². The van der Waals surface area contributed by atoms with Crippen molar-refractivity contribution in [1.82, 2.24) is 0 Å². The summed E-state index contributed by atoms with van der Waals surface area (Å²) in [5, 5.41) is 8.14. The SMILES string of the molecule is Fc1c(I)c(F)c(I)c(F)c1I.c1cc2ccc3cccc4ccc(c1)c2c34. The highest BCUT2D eigenvalue weighted by molar-refractivity contribution is 14.1. The number of hydrogen-bond acceptors (Lipinski definition) is 0. The molecule has 0 amide bonds. The summed E-state index contributed by atoms with van der Waals surface area (Å²) in [6.07, 6.45) is 0. The van der Waals surface area contributed by atoms with Crippen LogP contribution in [0.4, 0.5) is 13.2 Å². The zero-order valence-corrected chi connectivity index (χ0v) is 20.5. The number of benzene rings is 5. The van der Waals surface area contributed by atoms with Crippen molar-refractivity contribution in [3.8, 4) is 0 Å². The third-order valence-corrected chi connectivity index (χ3v) is 7.39. The van der Waals surface area contributed by atoms with Gasteiger partial charge in [0, 0.05) is 0 Å². The molecule has 28 heavy (non-hydrogen) atoms. The van der Waals surface area contributed by atoms with Gasteiger partial charge in [-0.3, -0.25) is 0 Å². The lowest BCUT2D eigenvalue weighted by molar-refractivity contribution is 0.515. The summed E-state index contributed by atoms with van der Waals surface area (Å²) in [5.74, 6) is -2.48. The monoisotopic (exact) mass is 712 g/mol. The average molecular weight is 712 g/mol. The summed E-state index contributed by atoms with van der Waals surface area (Å²) in [6, 6.07) is 21.9. The molecular weight excluding hydrogens is 702 g/mol. The molecule has 0 saturated heterocycles. The van der Waals surface area contributed by atoms with Gasteiger partial charge < -0.3 is 0 Å². The van der Waals surface area contributed by atoms with Crippen LogP contribution in [0.1, 0.15) is 0 Å². The molecule has 5 aromatic rings. The topological polar surface area (TPSA) is 0 Å². The van der Waals surface area contributed by atoms with Crippen LogP contribution < -0.4 is 0 Å². The lowest BCUT2D eigenvalue weighted by atomic mass is 9.95. The van der Waals surface area contributed by atoms with Gasteiger partial charge in [0.05, 0.1) is 10.7 Å². The molecule has 0 radical (unpaired) electrons. The molecule has 0 spiro atoms. The number of hydrogen-bond donors (Lipinski definition) is 0. The van der Waals surface area contributed by atoms with E-state index in [4.69, 9.17) is 0 Å². The average Bonchev–Trinajstić information content (AvgIpc) is 2.74. The first-order chi connectivity index (χ1) is 13.4. The Kier molecular flexibility index (Phi) is 5.90. The lowest BCUT2D eigenvalue weighted by Crippen LogP contribution is -2.01. The predicted octanol–water partition coefficient (Wildman–Crippen LogP) is 8.50. The smallest absolute Gasteiger partial charge is 0.155 e. The molecule has 0 unspecified atom stereocenters. The highest BCUT2D eigenvalue weighted by atomic mass is 127. The first-order valence-electron chi connectivity index (χ1n) is 8.19. The predicted molar refractivity (Wildman–Crippen MR) is 135 cm³/mol. The van der Waals surface area contributed by atoms with Crippen LogP contribution in [0.3, 0.4) is 0 Å². The van der Waals surface area contributed by atoms with E-state index in [2.05, 4.69) is 60.7 Å². The number of halogens is 6. The maximum absolute atomic E-state index is 12.9. The summed E-state index contributed by atoms with van der Waals surface area (Å²) in [6.45, 7) is 0. The quantitative estimate of drug-likeness (QED) is 0.0655. The van der Waals surface area contributed by atoms with Gasteiger partial charge in [-0.25, -0.2) is 13.2 Å². The Labute approximate surface area is 200 Å². The molecular formula is C22H10F3I3. The van der Waals surface area contributed by atoms with Crippen molar-refractivity contribution in [2.24, 2.45) is 0 Å². The Morgan fingerprint density at radius 3 is 0.929 bits per heavy atom. The van der Waals surface area contributed by atoms with Crippen molar-refractivity contribution in [3.05, 3.63) is 88.8 Å². The standard InChI is InChI=1S/C16H10.C6F3I3/c1-3-11-7-9-13-5-2-6-14-10-8-12(4-1)15(11)16(13)14;7-1-4(10)2(8)6(12)3(9)5(1)11/h1-10H;. The first kappa shape index (κ1) is 20.4. The van der Waals surface area contributed by atoms with E-state index in [9.17, 15) is 13.2 Å². The summed E-state index contributed by atoms with van der Waals surface area (Å²) >= 11 is 4.53. The molecule has 0 atom stereocenters. The van der Waals surface area contributed by atoms with Crippen LogP contribution in [-0.2, 0) is 0 Å². The summed E-state index contributed by atoms with van der Waals surface area (Å²) in [5.41, 5.74) is 0. The zero-order chi connectivity index (χ0) is 20.0. The molecule has 0 aliphatic rings. The summed E-state index contributed by atoms with van der Waals surface area (Å²) < 4.78 is 38.3. The van der Waals surface area contributed by atoms with Gasteiger partial charge in [0.1, 0.15) is 0 Å². The van der Waals surface area contributed by atoms with E-state index >= 15 is 0 Å². The van der Waals surface area contributed by atoms with Crippen LogP contribution in [0.15, 0.2) is 60.7 Å². The fourth-order valence-corrected chi connectivity index (χ4v) is 6.41. The van der Waals surface area contributed by atoms with Crippen molar-refractivity contribution < 1.29 is 13.2 Å². The van der Waals surface area contributed by atoms with E-state index in [-0.39, 0.29) is 10.7 Å². The fraction of sp³-hybridized carbons (Fsp3) is 0. The summed E-state index contributed by atoms with van der Waals surface area (Å²) in [7, 11) is 0. The Morgan fingerprint density at radius 1 is 0.429 bits per heavy atom. The maximum Gasteiger partial charge on any atom is 0.155 e. The van der Waals surface area contributed by atoms with E-state index in [0.717, 1.165) is 0 Å². The van der Waals surface area contributed by atoms with Crippen LogP contribution in [0, 0.1) is 28.2 Å². The second-order valence-electron chi connectivity index (χ2n) is 6.17. The molecule has 0 aliphatic carbocycles. The van der Waals surface area contributed by atoms with Crippen LogP contribution in [0.2, 0.25) is 0 Å². The molecule has 140 valence electrons. The van der Waals surface area contributed by atoms with Gasteiger partial charge >= 0.3 is 0 Å². The second-order valence-corrected chi connectivity index (χ2v) is 9.41. The largest absolute Gasteiger partial charge is 0.204 e. The molecule has 0 saturated carbocycles. The van der Waals surface area contributed by atoms with Crippen LogP contribution in [0.5, 0.6) is 0 Å². The minimum absolute atomic E-state index is 0.164. The minimum atomic E-state index is -0.827. The Morgan fingerprint density at radius 2 is 0.679 bits per heavy atom. The van der Waals surface area contributed by atoms with E-state index in [1.54, 1.807) is 0 Å². The van der Waals surface area contributed by atoms with Gasteiger partial charge in [-0.1, -0.05) is 60.7 Å². The van der Waals surface area contributed by atoms with Gasteiger partial charge in [0.2, 0.25) is 0 Å². The van der Waals surface area contributed by atoms with Crippen LogP contribution in [-0.4, -0.2) is 0 Å². The number of rotatable bonds is 0. The molecule has 5 rings (SSSR count). The van der Waals surface area contributed by atoms with Crippen molar-refractivity contribution in [1.29, 1.82) is 0 Å². The maximum atomic E-state index is 12.9. The van der Waals surface area contributed by atoms with Gasteiger partial charge in [0.15, 0.2) is 17.5 Å². The third kappa shape index (κ3) is 3.45. The highest BCUT2D eigenvalue weighted by Crippen LogP contribution is 2.34. The molecule has 0 nitrogen and oxygen atoms in total. The van der Waals surface area contributed by atoms with Gasteiger partial charge in [-0.05, 0) is 100 Å². The minimum Gasteiger partial charge on any atom is -0.204 e. The van der Waals surface area contributed by atoms with Crippen molar-refractivity contribution in [3.63, 3.8) is 0 Å². The highest BCUT2D eigenvalue weighted by Gasteiger charge is 2.20. The Bertz CT molecular complexity index is 1100. The van der Waals surface area contributed by atoms with Gasteiger partial charge in [0.25, 0.3) is 0 Å². The second kappa shape index (κ2) is 8.10. The molecule has 6 heteroatoms. The fourth-order valence-electron chi connectivity index (χ4n) is 3.25. The lowest BCUT2D eigenvalue weighted by Gasteiger charge is -2.09. The van der Waals surface area contributed by atoms with E-state index in [1.807, 2.05) is 0 Å². The Balaban J connectivity index is 0.000000145. The van der Waals surface area contributed by atoms with Crippen molar-refractivity contribution in [2.75, 3.05) is 0 Å². The normalized spacial score (nSPS) is 11.2. The molecule has 0 N–H and O–H groups in total. The summed E-state index contributed by atoms with van der Waals surface area (Å²) in [4.78, 5) is 0. The molecule has 0 heterocycles. The molecule has 0 aliphatic heterocycles. The zero-order valence-electron chi connectivity index (χ0n) is 14.0. The van der Waals surface area contributed by atoms with Gasteiger partial charge in [-0.15, -0.1) is 0 Å². The van der Waals surface area contributed by atoms with Crippen molar-refractivity contribution >= 4 is 100 Å². The first-order valence-corrected chi connectivity index (χ1v) is 11.4. The van der Waals surface area contributed by atoms with E-state index < -0.39 is 17.5 Å². The van der Waals surface area contributed by atoms with Crippen LogP contribution >= 0.6 is 67.8 Å². The molecule has 0 aromatic heterocycles. The van der Waals surface area contributed by atoms with E-state index in [0.29, 0.717) is 0 Å². The van der Waals surface area contributed by atoms with Gasteiger partial charge in [-0.2, -0.15) is 0 Å². The Hall–Kier alpha value is -0.880. The van der Waals surface area contributed by atoms with Crippen LogP contribution in [0.25, 0.3) is 32.3 Å². The third-order valence-electron chi connectivity index (χ3n) is 4.55. The molecule has 0 bridgehead atoms.